The highest BCUT2D eigenvalue weighted by molar-refractivity contribution is 7.89. The Morgan fingerprint density at radius 2 is 1.79 bits per heavy atom. The van der Waals surface area contributed by atoms with Crippen LogP contribution in [-0.4, -0.2) is 44.9 Å². The highest BCUT2D eigenvalue weighted by Gasteiger charge is 2.33. The Labute approximate surface area is 195 Å². The molecule has 0 aliphatic carbocycles. The van der Waals surface area contributed by atoms with Gasteiger partial charge in [-0.1, -0.05) is 18.6 Å². The van der Waals surface area contributed by atoms with Crippen LogP contribution in [-0.2, 0) is 14.8 Å². The fourth-order valence-electron chi connectivity index (χ4n) is 4.35. The quantitative estimate of drug-likeness (QED) is 0.598. The lowest BCUT2D eigenvalue weighted by Gasteiger charge is -2.27. The van der Waals surface area contributed by atoms with Crippen LogP contribution in [0.25, 0.3) is 0 Å². The summed E-state index contributed by atoms with van der Waals surface area (Å²) in [6.07, 6.45) is 3.28. The predicted molar refractivity (Wildman–Crippen MR) is 128 cm³/mol. The molecule has 2 aliphatic heterocycles. The van der Waals surface area contributed by atoms with Gasteiger partial charge in [-0.05, 0) is 74.1 Å². The molecule has 2 fully saturated rings. The Bertz CT molecular complexity index is 1130. The van der Waals surface area contributed by atoms with Crippen molar-refractivity contribution < 1.29 is 17.9 Å². The zero-order valence-electron chi connectivity index (χ0n) is 19.3. The number of anilines is 1. The normalized spacial score (nSPS) is 21.7. The van der Waals surface area contributed by atoms with E-state index in [1.54, 1.807) is 12.1 Å². The first-order valence-corrected chi connectivity index (χ1v) is 12.8. The van der Waals surface area contributed by atoms with Crippen molar-refractivity contribution in [1.29, 1.82) is 0 Å². The molecule has 0 spiro atoms. The minimum atomic E-state index is -3.65. The van der Waals surface area contributed by atoms with Crippen LogP contribution in [0.1, 0.15) is 48.4 Å². The number of methoxy groups -OCH3 is 1. The maximum Gasteiger partial charge on any atom is 0.246 e. The molecule has 33 heavy (non-hydrogen) atoms. The zero-order valence-corrected chi connectivity index (χ0v) is 20.2. The van der Waals surface area contributed by atoms with E-state index in [0.717, 1.165) is 36.1 Å². The van der Waals surface area contributed by atoms with E-state index in [9.17, 15) is 13.2 Å². The molecule has 2 saturated heterocycles. The number of ether oxygens (including phenoxy) is 1. The standard InChI is InChI=1S/C24H32N4O4S/c1-16-7-9-19(13-17(16)2)25-24(29)21-15-20(26-27-21)18-8-10-22(32-3)23(14-18)33(30,31)28-11-5-4-6-12-28/h7-10,13-14,20-21,26-27H,4-6,11-12,15H2,1-3H3,(H,25,29). The second kappa shape index (κ2) is 9.80. The number of carbonyl (C=O) groups excluding carboxylic acids is 1. The highest BCUT2D eigenvalue weighted by atomic mass is 32.2. The summed E-state index contributed by atoms with van der Waals surface area (Å²) in [6.45, 7) is 5.09. The van der Waals surface area contributed by atoms with Gasteiger partial charge in [-0.3, -0.25) is 4.79 Å². The van der Waals surface area contributed by atoms with Crippen molar-refractivity contribution in [1.82, 2.24) is 15.2 Å². The molecule has 2 unspecified atom stereocenters. The average Bonchev–Trinajstić information content (AvgIpc) is 3.32. The number of sulfonamides is 1. The molecule has 8 nitrogen and oxygen atoms in total. The molecule has 2 aromatic rings. The van der Waals surface area contributed by atoms with Crippen LogP contribution in [0.2, 0.25) is 0 Å². The second-order valence-electron chi connectivity index (χ2n) is 8.79. The largest absolute Gasteiger partial charge is 0.495 e. The number of carbonyl (C=O) groups is 1. The first-order chi connectivity index (χ1) is 15.8. The summed E-state index contributed by atoms with van der Waals surface area (Å²) in [5.74, 6) is 0.197. The molecule has 2 atom stereocenters. The van der Waals surface area contributed by atoms with E-state index in [-0.39, 0.29) is 16.8 Å². The van der Waals surface area contributed by atoms with Gasteiger partial charge in [0.15, 0.2) is 0 Å². The van der Waals surface area contributed by atoms with Crippen molar-refractivity contribution >= 4 is 21.6 Å². The molecule has 2 aromatic carbocycles. The van der Waals surface area contributed by atoms with Crippen molar-refractivity contribution in [3.8, 4) is 5.75 Å². The van der Waals surface area contributed by atoms with Gasteiger partial charge in [0.05, 0.1) is 7.11 Å². The number of nitrogens with zero attached hydrogens (tertiary/aromatic N) is 1. The molecule has 0 bridgehead atoms. The number of piperidine rings is 1. The first-order valence-electron chi connectivity index (χ1n) is 11.4. The maximum atomic E-state index is 13.3. The van der Waals surface area contributed by atoms with Gasteiger partial charge >= 0.3 is 0 Å². The third-order valence-corrected chi connectivity index (χ3v) is 8.44. The second-order valence-corrected chi connectivity index (χ2v) is 10.7. The predicted octanol–water partition coefficient (Wildman–Crippen LogP) is 3.03. The van der Waals surface area contributed by atoms with E-state index in [1.165, 1.54) is 17.0 Å². The Balaban J connectivity index is 1.50. The summed E-state index contributed by atoms with van der Waals surface area (Å²) in [7, 11) is -2.18. The molecule has 1 amide bonds. The first kappa shape index (κ1) is 23.7. The van der Waals surface area contributed by atoms with E-state index >= 15 is 0 Å². The van der Waals surface area contributed by atoms with Gasteiger partial charge in [0, 0.05) is 24.8 Å². The van der Waals surface area contributed by atoms with E-state index in [0.29, 0.717) is 25.3 Å². The highest BCUT2D eigenvalue weighted by Crippen LogP contribution is 2.33. The lowest BCUT2D eigenvalue weighted by atomic mass is 10.0. The molecule has 3 N–H and O–H groups in total. The average molecular weight is 473 g/mol. The number of hydrazine groups is 1. The number of aryl methyl sites for hydroxylation is 2. The molecule has 0 aromatic heterocycles. The summed E-state index contributed by atoms with van der Waals surface area (Å²) in [4.78, 5) is 13.0. The van der Waals surface area contributed by atoms with Gasteiger partial charge in [0.1, 0.15) is 16.7 Å². The Morgan fingerprint density at radius 1 is 1.03 bits per heavy atom. The van der Waals surface area contributed by atoms with Crippen LogP contribution in [0.5, 0.6) is 5.75 Å². The minimum Gasteiger partial charge on any atom is -0.495 e. The Kier molecular flexibility index (Phi) is 7.04. The fourth-order valence-corrected chi connectivity index (χ4v) is 6.06. The maximum absolute atomic E-state index is 13.3. The monoisotopic (exact) mass is 472 g/mol. The minimum absolute atomic E-state index is 0.136. The molecular formula is C24H32N4O4S. The third-order valence-electron chi connectivity index (χ3n) is 6.52. The van der Waals surface area contributed by atoms with E-state index in [4.69, 9.17) is 4.74 Å². The zero-order chi connectivity index (χ0) is 23.6. The number of nitrogens with one attached hydrogen (secondary N) is 3. The van der Waals surface area contributed by atoms with Gasteiger partial charge in [0.2, 0.25) is 15.9 Å². The van der Waals surface area contributed by atoms with Gasteiger partial charge in [-0.25, -0.2) is 19.3 Å². The molecule has 0 radical (unpaired) electrons. The third kappa shape index (κ3) is 5.06. The molecular weight excluding hydrogens is 440 g/mol. The van der Waals surface area contributed by atoms with Crippen LogP contribution >= 0.6 is 0 Å². The van der Waals surface area contributed by atoms with Crippen molar-refractivity contribution in [2.24, 2.45) is 0 Å². The van der Waals surface area contributed by atoms with Crippen LogP contribution in [0.4, 0.5) is 5.69 Å². The van der Waals surface area contributed by atoms with Crippen molar-refractivity contribution in [3.05, 3.63) is 53.1 Å². The summed E-state index contributed by atoms with van der Waals surface area (Å²) in [6, 6.07) is 10.4. The molecule has 2 heterocycles. The summed E-state index contributed by atoms with van der Waals surface area (Å²) in [5, 5.41) is 2.96. The number of hydrogen-bond donors (Lipinski definition) is 3. The number of rotatable bonds is 6. The van der Waals surface area contributed by atoms with Gasteiger partial charge in [-0.2, -0.15) is 4.31 Å². The van der Waals surface area contributed by atoms with Crippen LogP contribution in [0, 0.1) is 13.8 Å². The van der Waals surface area contributed by atoms with Crippen LogP contribution in [0.3, 0.4) is 0 Å². The van der Waals surface area contributed by atoms with Crippen molar-refractivity contribution in [2.45, 2.75) is 56.5 Å². The Morgan fingerprint density at radius 3 is 2.48 bits per heavy atom. The van der Waals surface area contributed by atoms with Crippen molar-refractivity contribution in [3.63, 3.8) is 0 Å². The van der Waals surface area contributed by atoms with E-state index in [1.807, 2.05) is 38.1 Å². The van der Waals surface area contributed by atoms with Crippen LogP contribution in [0.15, 0.2) is 41.3 Å². The number of benzene rings is 2. The lowest BCUT2D eigenvalue weighted by molar-refractivity contribution is -0.117. The molecule has 9 heteroatoms. The van der Waals surface area contributed by atoms with Gasteiger partial charge in [-0.15, -0.1) is 0 Å². The number of hydrogen-bond acceptors (Lipinski definition) is 6. The molecule has 0 saturated carbocycles. The topological polar surface area (TPSA) is 99.8 Å². The molecule has 178 valence electrons. The van der Waals surface area contributed by atoms with Gasteiger partial charge < -0.3 is 10.1 Å². The summed E-state index contributed by atoms with van der Waals surface area (Å²) < 4.78 is 33.5. The molecule has 2 aliphatic rings. The SMILES string of the molecule is COc1ccc(C2CC(C(=O)Nc3ccc(C)c(C)c3)NN2)cc1S(=O)(=O)N1CCCCC1. The Hall–Kier alpha value is -2.46. The van der Waals surface area contributed by atoms with Crippen molar-refractivity contribution in [2.75, 3.05) is 25.5 Å². The summed E-state index contributed by atoms with van der Waals surface area (Å²) >= 11 is 0. The van der Waals surface area contributed by atoms with E-state index < -0.39 is 16.1 Å². The van der Waals surface area contributed by atoms with E-state index in [2.05, 4.69) is 16.2 Å². The summed E-state index contributed by atoms with van der Waals surface area (Å²) in [5.41, 5.74) is 10.0. The van der Waals surface area contributed by atoms with Crippen LogP contribution < -0.4 is 20.9 Å². The smallest absolute Gasteiger partial charge is 0.246 e. The lowest BCUT2D eigenvalue weighted by Crippen LogP contribution is -2.39. The van der Waals surface area contributed by atoms with Gasteiger partial charge in [0.25, 0.3) is 0 Å². The fraction of sp³-hybridized carbons (Fsp3) is 0.458. The number of amides is 1. The molecule has 4 rings (SSSR count).